The van der Waals surface area contributed by atoms with E-state index < -0.39 is 52.1 Å². The molecule has 0 radical (unpaired) electrons. The Kier molecular flexibility index (Phi) is 7.31. The van der Waals surface area contributed by atoms with E-state index in [0.717, 1.165) is 25.1 Å². The van der Waals surface area contributed by atoms with E-state index in [1.807, 2.05) is 0 Å². The topological polar surface area (TPSA) is 17.1 Å². The van der Waals surface area contributed by atoms with Gasteiger partial charge in [0, 0.05) is 11.1 Å². The third kappa shape index (κ3) is 5.56. The number of alkyl halides is 6. The van der Waals surface area contributed by atoms with E-state index in [9.17, 15) is 35.5 Å². The third-order valence-electron chi connectivity index (χ3n) is 4.01. The van der Waals surface area contributed by atoms with Gasteiger partial charge in [-0.2, -0.15) is 26.3 Å². The van der Waals surface area contributed by atoms with Gasteiger partial charge < -0.3 is 0 Å². The van der Waals surface area contributed by atoms with Gasteiger partial charge in [-0.3, -0.25) is 4.79 Å². The number of halogens is 10. The smallest absolute Gasteiger partial charge is 0.294 e. The summed E-state index contributed by atoms with van der Waals surface area (Å²) in [5.41, 5.74) is -3.45. The lowest BCUT2D eigenvalue weighted by molar-refractivity contribution is -0.140. The van der Waals surface area contributed by atoms with E-state index in [4.69, 9.17) is 23.2 Å². The number of benzene rings is 2. The van der Waals surface area contributed by atoms with E-state index in [-0.39, 0.29) is 26.7 Å². The molecule has 2 rings (SSSR count). The Bertz CT molecular complexity index is 990. The van der Waals surface area contributed by atoms with E-state index in [2.05, 4.69) is 15.9 Å². The molecule has 0 saturated heterocycles. The molecule has 1 unspecified atom stereocenters. The van der Waals surface area contributed by atoms with Crippen LogP contribution in [0.3, 0.4) is 0 Å². The molecule has 0 aliphatic heterocycles. The molecule has 0 saturated carbocycles. The maximum Gasteiger partial charge on any atom is 0.417 e. The van der Waals surface area contributed by atoms with Crippen LogP contribution in [0.1, 0.15) is 39.9 Å². The quantitative estimate of drug-likeness (QED) is 0.217. The first-order chi connectivity index (χ1) is 13.6. The van der Waals surface area contributed by atoms with Crippen LogP contribution in [0.4, 0.5) is 30.7 Å². The number of hydrogen-bond donors (Lipinski definition) is 0. The zero-order valence-electron chi connectivity index (χ0n) is 14.7. The second kappa shape index (κ2) is 8.88. The van der Waals surface area contributed by atoms with Crippen molar-refractivity contribution in [1.82, 2.24) is 0 Å². The lowest BCUT2D eigenvalue weighted by atomic mass is 9.95. The van der Waals surface area contributed by atoms with Gasteiger partial charge in [-0.05, 0) is 52.7 Å². The van der Waals surface area contributed by atoms with Crippen LogP contribution in [0.2, 0.25) is 10.0 Å². The molecule has 30 heavy (non-hydrogen) atoms. The average molecular weight is 538 g/mol. The highest BCUT2D eigenvalue weighted by molar-refractivity contribution is 9.10. The first kappa shape index (κ1) is 24.7. The number of carbonyl (C=O) groups is 1. The normalized spacial score (nSPS) is 14.0. The number of Topliss-reactive ketones (excluding diaryl/α,β-unsaturated/α-hetero) is 1. The van der Waals surface area contributed by atoms with Crippen LogP contribution >= 0.6 is 39.1 Å². The lowest BCUT2D eigenvalue weighted by Gasteiger charge is -2.19. The summed E-state index contributed by atoms with van der Waals surface area (Å²) in [5, 5.41) is -0.323. The fraction of sp³-hybridized carbons (Fsp3) is 0.211. The summed E-state index contributed by atoms with van der Waals surface area (Å²) >= 11 is 14.6. The summed E-state index contributed by atoms with van der Waals surface area (Å²) in [6, 6.07) is 3.63. The Morgan fingerprint density at radius 3 is 2.00 bits per heavy atom. The molecule has 0 fully saturated rings. The monoisotopic (exact) mass is 536 g/mol. The number of hydrogen-bond acceptors (Lipinski definition) is 1. The van der Waals surface area contributed by atoms with Crippen molar-refractivity contribution in [2.24, 2.45) is 0 Å². The van der Waals surface area contributed by atoms with Crippen LogP contribution in [-0.2, 0) is 6.18 Å². The molecule has 0 amide bonds. The SMILES string of the molecule is CC(=O)c1ccc(/C(F)=C/C(c2cc(Cl)c(Br)c(Cl)c2)C(F)(F)F)cc1C(F)(F)F. The molecule has 0 aliphatic carbocycles. The van der Waals surface area contributed by atoms with Gasteiger partial charge in [-0.15, -0.1) is 0 Å². The van der Waals surface area contributed by atoms with E-state index >= 15 is 0 Å². The van der Waals surface area contributed by atoms with Crippen LogP contribution in [0.15, 0.2) is 40.9 Å². The minimum absolute atomic E-state index is 0.124. The minimum atomic E-state index is -5.01. The Morgan fingerprint density at radius 1 is 1.03 bits per heavy atom. The summed E-state index contributed by atoms with van der Waals surface area (Å²) in [6.07, 6.45) is -9.88. The standard InChI is InChI=1S/C19H10BrCl2F7O/c1-8(30)11-3-2-9(4-13(11)19(27,28)29)16(23)7-12(18(24,25)26)10-5-14(21)17(20)15(22)6-10/h2-7,12H,1H3/b16-7-. The van der Waals surface area contributed by atoms with Crippen molar-refractivity contribution in [2.75, 3.05) is 0 Å². The Balaban J connectivity index is 2.62. The molecule has 1 nitrogen and oxygen atoms in total. The number of allylic oxidation sites excluding steroid dienone is 1. The fourth-order valence-corrected chi connectivity index (χ4v) is 3.34. The van der Waals surface area contributed by atoms with Crippen molar-refractivity contribution < 1.29 is 35.5 Å². The first-order valence-electron chi connectivity index (χ1n) is 7.94. The van der Waals surface area contributed by atoms with Crippen LogP contribution in [0.5, 0.6) is 0 Å². The predicted octanol–water partition coefficient (Wildman–Crippen LogP) is 8.63. The molecule has 2 aromatic rings. The van der Waals surface area contributed by atoms with Crippen molar-refractivity contribution in [2.45, 2.75) is 25.2 Å². The van der Waals surface area contributed by atoms with Gasteiger partial charge in [0.25, 0.3) is 0 Å². The number of carbonyl (C=O) groups excluding carboxylic acids is 1. The van der Waals surface area contributed by atoms with Gasteiger partial charge >= 0.3 is 12.4 Å². The maximum atomic E-state index is 14.6. The molecule has 162 valence electrons. The summed E-state index contributed by atoms with van der Waals surface area (Å²) in [5.74, 6) is -5.03. The molecular formula is C19H10BrCl2F7O. The van der Waals surface area contributed by atoms with Crippen molar-refractivity contribution >= 4 is 50.7 Å². The van der Waals surface area contributed by atoms with Crippen LogP contribution in [0, 0.1) is 0 Å². The minimum Gasteiger partial charge on any atom is -0.294 e. The Morgan fingerprint density at radius 2 is 1.57 bits per heavy atom. The van der Waals surface area contributed by atoms with Gasteiger partial charge in [-0.25, -0.2) is 4.39 Å². The second-order valence-corrected chi connectivity index (χ2v) is 7.75. The van der Waals surface area contributed by atoms with Crippen molar-refractivity contribution in [3.05, 3.63) is 73.2 Å². The van der Waals surface area contributed by atoms with Crippen molar-refractivity contribution in [3.8, 4) is 0 Å². The molecule has 1 atom stereocenters. The summed E-state index contributed by atoms with van der Waals surface area (Å²) < 4.78 is 95.0. The summed E-state index contributed by atoms with van der Waals surface area (Å²) in [6.45, 7) is 0.886. The molecule has 0 aliphatic rings. The second-order valence-electron chi connectivity index (χ2n) is 6.15. The van der Waals surface area contributed by atoms with Crippen molar-refractivity contribution in [1.29, 1.82) is 0 Å². The Labute approximate surface area is 184 Å². The van der Waals surface area contributed by atoms with Gasteiger partial charge in [-0.1, -0.05) is 35.3 Å². The zero-order chi connectivity index (χ0) is 23.0. The fourth-order valence-electron chi connectivity index (χ4n) is 2.61. The summed E-state index contributed by atoms with van der Waals surface area (Å²) in [4.78, 5) is 11.4. The highest BCUT2D eigenvalue weighted by Crippen LogP contribution is 2.42. The van der Waals surface area contributed by atoms with Gasteiger partial charge in [0.15, 0.2) is 5.78 Å². The Hall–Kier alpha value is -1.58. The molecule has 11 heteroatoms. The molecule has 0 aromatic heterocycles. The third-order valence-corrected chi connectivity index (χ3v) is 5.92. The summed E-state index contributed by atoms with van der Waals surface area (Å²) in [7, 11) is 0. The van der Waals surface area contributed by atoms with Gasteiger partial charge in [0.2, 0.25) is 0 Å². The van der Waals surface area contributed by atoms with Crippen LogP contribution in [0.25, 0.3) is 5.83 Å². The van der Waals surface area contributed by atoms with Gasteiger partial charge in [0.1, 0.15) is 11.7 Å². The molecule has 0 bridgehead atoms. The highest BCUT2D eigenvalue weighted by Gasteiger charge is 2.41. The average Bonchev–Trinajstić information content (AvgIpc) is 2.61. The molecular weight excluding hydrogens is 528 g/mol. The molecule has 2 aromatic carbocycles. The zero-order valence-corrected chi connectivity index (χ0v) is 17.8. The van der Waals surface area contributed by atoms with Crippen molar-refractivity contribution in [3.63, 3.8) is 0 Å². The molecule has 0 heterocycles. The number of rotatable bonds is 4. The van der Waals surface area contributed by atoms with E-state index in [0.29, 0.717) is 6.07 Å². The van der Waals surface area contributed by atoms with E-state index in [1.54, 1.807) is 0 Å². The largest absolute Gasteiger partial charge is 0.417 e. The highest BCUT2D eigenvalue weighted by atomic mass is 79.9. The maximum absolute atomic E-state index is 14.6. The number of ketones is 1. The van der Waals surface area contributed by atoms with Crippen LogP contribution < -0.4 is 0 Å². The predicted molar refractivity (Wildman–Crippen MR) is 103 cm³/mol. The van der Waals surface area contributed by atoms with E-state index in [1.165, 1.54) is 0 Å². The molecule has 0 N–H and O–H groups in total. The molecule has 0 spiro atoms. The lowest BCUT2D eigenvalue weighted by Crippen LogP contribution is -2.19. The van der Waals surface area contributed by atoms with Gasteiger partial charge in [0.05, 0.1) is 20.1 Å². The van der Waals surface area contributed by atoms with Crippen LogP contribution in [-0.4, -0.2) is 12.0 Å². The first-order valence-corrected chi connectivity index (χ1v) is 9.48.